The fraction of sp³-hybridized carbons (Fsp3) is 0.458. The molecular weight excluding hydrogens is 472 g/mol. The van der Waals surface area contributed by atoms with E-state index in [1.165, 1.54) is 15.6 Å². The lowest BCUT2D eigenvalue weighted by atomic mass is 9.98. The lowest BCUT2D eigenvalue weighted by Gasteiger charge is -2.31. The van der Waals surface area contributed by atoms with Gasteiger partial charge in [0, 0.05) is 29.6 Å². The molecule has 2 aromatic heterocycles. The van der Waals surface area contributed by atoms with Crippen molar-refractivity contribution in [1.82, 2.24) is 14.4 Å². The van der Waals surface area contributed by atoms with E-state index in [1.807, 2.05) is 45.9 Å². The van der Waals surface area contributed by atoms with Gasteiger partial charge in [-0.3, -0.25) is 4.79 Å². The summed E-state index contributed by atoms with van der Waals surface area (Å²) in [5.74, 6) is 0.435. The number of piperidine rings is 1. The maximum absolute atomic E-state index is 13.5. The van der Waals surface area contributed by atoms with Crippen LogP contribution in [-0.4, -0.2) is 41.9 Å². The molecule has 1 N–H and O–H groups in total. The van der Waals surface area contributed by atoms with Crippen LogP contribution in [0.1, 0.15) is 54.5 Å². The second-order valence-electron chi connectivity index (χ2n) is 9.08. The molecule has 1 saturated heterocycles. The van der Waals surface area contributed by atoms with E-state index in [2.05, 4.69) is 15.5 Å². The van der Waals surface area contributed by atoms with Gasteiger partial charge in [-0.05, 0) is 56.9 Å². The summed E-state index contributed by atoms with van der Waals surface area (Å²) in [6, 6.07) is 7.39. The van der Waals surface area contributed by atoms with Gasteiger partial charge in [-0.2, -0.15) is 9.29 Å². The molecule has 1 fully saturated rings. The summed E-state index contributed by atoms with van der Waals surface area (Å²) in [5.41, 5.74) is 2.88. The largest absolute Gasteiger partial charge is 0.339 e. The Morgan fingerprint density at radius 3 is 2.74 bits per heavy atom. The Bertz CT molecular complexity index is 1310. The molecule has 1 atom stereocenters. The summed E-state index contributed by atoms with van der Waals surface area (Å²) >= 11 is 1.33. The summed E-state index contributed by atoms with van der Waals surface area (Å²) in [6.07, 6.45) is 1.28. The minimum absolute atomic E-state index is 0.0885. The highest BCUT2D eigenvalue weighted by Crippen LogP contribution is 2.35. The minimum Gasteiger partial charge on any atom is -0.339 e. The van der Waals surface area contributed by atoms with E-state index in [1.54, 1.807) is 13.0 Å². The first-order valence-corrected chi connectivity index (χ1v) is 13.6. The molecule has 0 radical (unpaired) electrons. The monoisotopic (exact) mass is 502 g/mol. The molecule has 0 aliphatic carbocycles. The predicted octanol–water partition coefficient (Wildman–Crippen LogP) is 4.89. The first-order chi connectivity index (χ1) is 16.1. The van der Waals surface area contributed by atoms with E-state index in [9.17, 15) is 13.2 Å². The molecule has 1 amide bonds. The van der Waals surface area contributed by atoms with Gasteiger partial charge in [-0.1, -0.05) is 31.1 Å². The lowest BCUT2D eigenvalue weighted by molar-refractivity contribution is -0.120. The lowest BCUT2D eigenvalue weighted by Crippen LogP contribution is -2.43. The Hall–Kier alpha value is -2.56. The molecule has 182 valence electrons. The molecular formula is C24H30N4O4S2. The zero-order valence-corrected chi connectivity index (χ0v) is 21.7. The second-order valence-corrected chi connectivity index (χ2v) is 12.2. The first kappa shape index (κ1) is 24.6. The van der Waals surface area contributed by atoms with Crippen molar-refractivity contribution in [3.8, 4) is 10.7 Å². The minimum atomic E-state index is -3.77. The molecule has 10 heteroatoms. The number of aromatic nitrogens is 2. The maximum Gasteiger partial charge on any atom is 0.244 e. The summed E-state index contributed by atoms with van der Waals surface area (Å²) in [7, 11) is -3.77. The highest BCUT2D eigenvalue weighted by Gasteiger charge is 2.35. The number of carbonyl (C=O) groups is 1. The van der Waals surface area contributed by atoms with Gasteiger partial charge in [0.05, 0.1) is 15.7 Å². The van der Waals surface area contributed by atoms with E-state index >= 15 is 0 Å². The number of anilines is 1. The smallest absolute Gasteiger partial charge is 0.244 e. The van der Waals surface area contributed by atoms with Crippen LogP contribution in [-0.2, 0) is 14.8 Å². The topological polar surface area (TPSA) is 105 Å². The standard InChI is InChI=1S/C24H30N4O4S2/c1-14(2)24-26-22(27-32-24)20-12-21(17(5)33-20)34(30,31)28-11-7-9-18(13-28)23(29)25-19-10-6-8-15(3)16(19)4/h6,8,10,12,14,18H,7,9,11,13H2,1-5H3,(H,25,29)/t18-/m0/s1. The third-order valence-electron chi connectivity index (χ3n) is 6.26. The van der Waals surface area contributed by atoms with Gasteiger partial charge in [-0.15, -0.1) is 11.3 Å². The van der Waals surface area contributed by atoms with Crippen molar-refractivity contribution in [2.24, 2.45) is 5.92 Å². The van der Waals surface area contributed by atoms with E-state index in [-0.39, 0.29) is 23.3 Å². The summed E-state index contributed by atoms with van der Waals surface area (Å²) in [6.45, 7) is 10.2. The van der Waals surface area contributed by atoms with Crippen LogP contribution in [0, 0.1) is 26.7 Å². The molecule has 1 aliphatic heterocycles. The summed E-state index contributed by atoms with van der Waals surface area (Å²) in [5, 5.41) is 7.00. The van der Waals surface area contributed by atoms with Crippen LogP contribution in [0.5, 0.6) is 0 Å². The van der Waals surface area contributed by atoms with Crippen LogP contribution in [0.3, 0.4) is 0 Å². The Labute approximate surface area is 204 Å². The van der Waals surface area contributed by atoms with Gasteiger partial charge < -0.3 is 9.84 Å². The van der Waals surface area contributed by atoms with Gasteiger partial charge in [0.25, 0.3) is 0 Å². The van der Waals surface area contributed by atoms with Crippen molar-refractivity contribution in [1.29, 1.82) is 0 Å². The van der Waals surface area contributed by atoms with E-state index < -0.39 is 15.9 Å². The number of benzene rings is 1. The number of hydrogen-bond acceptors (Lipinski definition) is 7. The van der Waals surface area contributed by atoms with Crippen LogP contribution in [0.4, 0.5) is 5.69 Å². The fourth-order valence-electron chi connectivity index (χ4n) is 4.04. The van der Waals surface area contributed by atoms with Crippen molar-refractivity contribution in [3.63, 3.8) is 0 Å². The van der Waals surface area contributed by atoms with Gasteiger partial charge in [0.2, 0.25) is 27.6 Å². The van der Waals surface area contributed by atoms with Crippen molar-refractivity contribution in [2.75, 3.05) is 18.4 Å². The molecule has 1 aromatic carbocycles. The van der Waals surface area contributed by atoms with Gasteiger partial charge in [-0.25, -0.2) is 8.42 Å². The molecule has 3 heterocycles. The Morgan fingerprint density at radius 1 is 1.26 bits per heavy atom. The van der Waals surface area contributed by atoms with Crippen molar-refractivity contribution in [3.05, 3.63) is 46.2 Å². The van der Waals surface area contributed by atoms with E-state index in [0.29, 0.717) is 40.9 Å². The number of hydrogen-bond donors (Lipinski definition) is 1. The number of rotatable bonds is 6. The summed E-state index contributed by atoms with van der Waals surface area (Å²) < 4.78 is 33.8. The number of carbonyl (C=O) groups excluding carboxylic acids is 1. The van der Waals surface area contributed by atoms with Crippen LogP contribution >= 0.6 is 11.3 Å². The van der Waals surface area contributed by atoms with Crippen LogP contribution in [0.15, 0.2) is 33.7 Å². The molecule has 0 bridgehead atoms. The molecule has 0 unspecified atom stereocenters. The third-order valence-corrected chi connectivity index (χ3v) is 9.43. The highest BCUT2D eigenvalue weighted by atomic mass is 32.2. The second kappa shape index (κ2) is 9.59. The SMILES string of the molecule is Cc1cccc(NC(=O)[C@H]2CCCN(S(=O)(=O)c3cc(-c4noc(C(C)C)n4)sc3C)C2)c1C. The molecule has 0 spiro atoms. The zero-order valence-electron chi connectivity index (χ0n) is 20.1. The van der Waals surface area contributed by atoms with Crippen LogP contribution in [0.25, 0.3) is 10.7 Å². The average molecular weight is 503 g/mol. The van der Waals surface area contributed by atoms with Crippen molar-refractivity contribution < 1.29 is 17.7 Å². The van der Waals surface area contributed by atoms with Gasteiger partial charge in [0.1, 0.15) is 0 Å². The molecule has 8 nitrogen and oxygen atoms in total. The molecule has 1 aliphatic rings. The third kappa shape index (κ3) is 4.80. The van der Waals surface area contributed by atoms with Gasteiger partial charge in [0.15, 0.2) is 0 Å². The summed E-state index contributed by atoms with van der Waals surface area (Å²) in [4.78, 5) is 18.9. The fourth-order valence-corrected chi connectivity index (χ4v) is 7.05. The normalized spacial score (nSPS) is 17.3. The number of nitrogens with zero attached hydrogens (tertiary/aromatic N) is 3. The average Bonchev–Trinajstić information content (AvgIpc) is 3.44. The predicted molar refractivity (Wildman–Crippen MR) is 132 cm³/mol. The maximum atomic E-state index is 13.5. The highest BCUT2D eigenvalue weighted by molar-refractivity contribution is 7.89. The number of aryl methyl sites for hydroxylation is 2. The number of nitrogens with one attached hydrogen (secondary N) is 1. The Kier molecular flexibility index (Phi) is 6.93. The quantitative estimate of drug-likeness (QED) is 0.515. The van der Waals surface area contributed by atoms with Gasteiger partial charge >= 0.3 is 0 Å². The van der Waals surface area contributed by atoms with Crippen molar-refractivity contribution in [2.45, 2.75) is 58.3 Å². The zero-order chi connectivity index (χ0) is 24.6. The Balaban J connectivity index is 1.53. The molecule has 3 aromatic rings. The molecule has 34 heavy (non-hydrogen) atoms. The Morgan fingerprint density at radius 2 is 2.03 bits per heavy atom. The number of amides is 1. The van der Waals surface area contributed by atoms with Crippen LogP contribution < -0.4 is 5.32 Å². The molecule has 0 saturated carbocycles. The van der Waals surface area contributed by atoms with E-state index in [4.69, 9.17) is 4.52 Å². The molecule has 4 rings (SSSR count). The van der Waals surface area contributed by atoms with E-state index in [0.717, 1.165) is 16.8 Å². The first-order valence-electron chi connectivity index (χ1n) is 11.4. The van der Waals surface area contributed by atoms with Crippen LogP contribution in [0.2, 0.25) is 0 Å². The number of thiophene rings is 1. The van der Waals surface area contributed by atoms with Crippen molar-refractivity contribution >= 4 is 33.0 Å². The number of sulfonamides is 1.